The van der Waals surface area contributed by atoms with Gasteiger partial charge < -0.3 is 0 Å². The van der Waals surface area contributed by atoms with Crippen molar-refractivity contribution in [1.82, 2.24) is 0 Å². The van der Waals surface area contributed by atoms with Gasteiger partial charge in [-0.2, -0.15) is 0 Å². The fourth-order valence-corrected chi connectivity index (χ4v) is 5.64. The Bertz CT molecular complexity index is 347. The maximum atomic E-state index is 4.55. The van der Waals surface area contributed by atoms with E-state index in [2.05, 4.69) is 39.4 Å². The van der Waals surface area contributed by atoms with Crippen LogP contribution in [0.2, 0.25) is 0 Å². The van der Waals surface area contributed by atoms with Gasteiger partial charge >= 0.3 is 0 Å². The predicted octanol–water partition coefficient (Wildman–Crippen LogP) is 4.17. The summed E-state index contributed by atoms with van der Waals surface area (Å²) in [5.41, 5.74) is 0.819. The minimum atomic E-state index is 0.187. The smallest absolute Gasteiger partial charge is 0.0604 e. The van der Waals surface area contributed by atoms with Crippen LogP contribution in [-0.4, -0.2) is 12.3 Å². The van der Waals surface area contributed by atoms with Crippen LogP contribution >= 0.6 is 0 Å². The summed E-state index contributed by atoms with van der Waals surface area (Å²) in [5.74, 6) is 4.52. The predicted molar refractivity (Wildman–Crippen MR) is 73.3 cm³/mol. The van der Waals surface area contributed by atoms with Gasteiger partial charge in [0.25, 0.3) is 0 Å². The van der Waals surface area contributed by atoms with E-state index < -0.39 is 0 Å². The quantitative estimate of drug-likeness (QED) is 0.635. The molecule has 3 fully saturated rings. The molecule has 0 N–H and O–H groups in total. The first-order valence-corrected chi connectivity index (χ1v) is 7.37. The van der Waals surface area contributed by atoms with Crippen LogP contribution in [0.3, 0.4) is 0 Å². The molecule has 17 heavy (non-hydrogen) atoms. The van der Waals surface area contributed by atoms with E-state index in [1.54, 1.807) is 0 Å². The molecule has 6 atom stereocenters. The second kappa shape index (κ2) is 3.36. The highest BCUT2D eigenvalue weighted by atomic mass is 14.9. The van der Waals surface area contributed by atoms with Gasteiger partial charge in [0, 0.05) is 0 Å². The largest absolute Gasteiger partial charge is 0.294 e. The van der Waals surface area contributed by atoms with Crippen LogP contribution in [0.4, 0.5) is 0 Å². The molecule has 3 aliphatic carbocycles. The van der Waals surface area contributed by atoms with Crippen molar-refractivity contribution < 1.29 is 0 Å². The summed E-state index contributed by atoms with van der Waals surface area (Å²) in [6, 6.07) is 0. The lowest BCUT2D eigenvalue weighted by Crippen LogP contribution is -2.40. The number of hydrogen-bond acceptors (Lipinski definition) is 1. The molecule has 0 aromatic carbocycles. The molecule has 0 aliphatic heterocycles. The van der Waals surface area contributed by atoms with Crippen LogP contribution in [0.25, 0.3) is 0 Å². The molecular weight excluding hydrogens is 206 g/mol. The van der Waals surface area contributed by atoms with Gasteiger partial charge in [0.05, 0.1) is 5.54 Å². The molecule has 0 saturated heterocycles. The van der Waals surface area contributed by atoms with E-state index in [0.29, 0.717) is 5.41 Å². The van der Waals surface area contributed by atoms with Gasteiger partial charge in [0.2, 0.25) is 0 Å². The van der Waals surface area contributed by atoms with Crippen LogP contribution in [0, 0.1) is 35.0 Å². The van der Waals surface area contributed by atoms with E-state index in [0.717, 1.165) is 29.6 Å². The van der Waals surface area contributed by atoms with Crippen molar-refractivity contribution >= 4 is 6.72 Å². The number of aliphatic imine (C=N–C) groups is 1. The molecular formula is C16H27N. The monoisotopic (exact) mass is 233 g/mol. The van der Waals surface area contributed by atoms with Gasteiger partial charge in [-0.05, 0) is 74.3 Å². The minimum absolute atomic E-state index is 0.187. The summed E-state index contributed by atoms with van der Waals surface area (Å²) < 4.78 is 0. The third-order valence-corrected chi connectivity index (χ3v) is 6.66. The molecule has 3 aliphatic rings. The van der Waals surface area contributed by atoms with E-state index in [4.69, 9.17) is 0 Å². The maximum absolute atomic E-state index is 4.55. The normalized spacial score (nSPS) is 56.5. The molecule has 1 heteroatoms. The van der Waals surface area contributed by atoms with E-state index in [9.17, 15) is 0 Å². The fraction of sp³-hybridized carbons (Fsp3) is 0.938. The van der Waals surface area contributed by atoms with Crippen LogP contribution in [-0.2, 0) is 0 Å². The third kappa shape index (κ3) is 1.40. The molecule has 0 spiro atoms. The van der Waals surface area contributed by atoms with E-state index in [-0.39, 0.29) is 5.54 Å². The van der Waals surface area contributed by atoms with E-state index >= 15 is 0 Å². The van der Waals surface area contributed by atoms with Crippen LogP contribution in [0.1, 0.15) is 53.4 Å². The Morgan fingerprint density at radius 2 is 1.88 bits per heavy atom. The number of nitrogens with zero attached hydrogens (tertiary/aromatic N) is 1. The van der Waals surface area contributed by atoms with Crippen molar-refractivity contribution in [3.05, 3.63) is 0 Å². The second-order valence-electron chi connectivity index (χ2n) is 7.89. The number of fused-ring (bicyclic) bond motifs is 1. The Morgan fingerprint density at radius 1 is 1.18 bits per heavy atom. The lowest BCUT2D eigenvalue weighted by Gasteiger charge is -2.43. The summed E-state index contributed by atoms with van der Waals surface area (Å²) in [4.78, 5) is 4.55. The fourth-order valence-electron chi connectivity index (χ4n) is 5.64. The van der Waals surface area contributed by atoms with Crippen molar-refractivity contribution in [3.63, 3.8) is 0 Å². The molecule has 0 aromatic heterocycles. The van der Waals surface area contributed by atoms with Gasteiger partial charge in [-0.15, -0.1) is 0 Å². The SMILES string of the molecule is C=NC1(C)CC2C(C(C)C)CC3(C)CC1CC23. The average Bonchev–Trinajstić information content (AvgIpc) is 2.69. The van der Waals surface area contributed by atoms with Gasteiger partial charge in [0.1, 0.15) is 0 Å². The van der Waals surface area contributed by atoms with Gasteiger partial charge in [-0.1, -0.05) is 20.8 Å². The zero-order chi connectivity index (χ0) is 12.4. The molecule has 0 amide bonds. The highest BCUT2D eigenvalue weighted by molar-refractivity contribution is 5.28. The summed E-state index contributed by atoms with van der Waals surface area (Å²) in [7, 11) is 0. The van der Waals surface area contributed by atoms with Crippen molar-refractivity contribution in [3.8, 4) is 0 Å². The first-order valence-electron chi connectivity index (χ1n) is 7.37. The summed E-state index contributed by atoms with van der Waals surface area (Å²) >= 11 is 0. The Labute approximate surface area is 106 Å². The van der Waals surface area contributed by atoms with Crippen LogP contribution in [0.15, 0.2) is 4.99 Å². The lowest BCUT2D eigenvalue weighted by molar-refractivity contribution is 0.111. The summed E-state index contributed by atoms with van der Waals surface area (Å²) in [6.07, 6.45) is 5.63. The molecule has 2 bridgehead atoms. The zero-order valence-corrected chi connectivity index (χ0v) is 11.9. The van der Waals surface area contributed by atoms with Crippen molar-refractivity contribution in [2.75, 3.05) is 0 Å². The Kier molecular flexibility index (Phi) is 2.32. The van der Waals surface area contributed by atoms with Crippen molar-refractivity contribution in [2.24, 2.45) is 40.0 Å². The van der Waals surface area contributed by atoms with E-state index in [1.165, 1.54) is 25.7 Å². The molecule has 3 rings (SSSR count). The first kappa shape index (κ1) is 11.7. The standard InChI is InChI=1S/C16H27N/c1-10(2)12-8-15(3)7-11-6-14(15)13(12)9-16(11,4)17-5/h10-14H,5-9H2,1-4H3. The topological polar surface area (TPSA) is 12.4 Å². The molecule has 0 aromatic rings. The van der Waals surface area contributed by atoms with Crippen LogP contribution in [0.5, 0.6) is 0 Å². The van der Waals surface area contributed by atoms with E-state index in [1.807, 2.05) is 0 Å². The van der Waals surface area contributed by atoms with Crippen LogP contribution < -0.4 is 0 Å². The maximum Gasteiger partial charge on any atom is 0.0604 e. The Hall–Kier alpha value is -0.330. The lowest BCUT2D eigenvalue weighted by atomic mass is 9.65. The third-order valence-electron chi connectivity index (χ3n) is 6.66. The highest BCUT2D eigenvalue weighted by Gasteiger charge is 2.63. The van der Waals surface area contributed by atoms with Gasteiger partial charge in [0.15, 0.2) is 0 Å². The molecule has 6 unspecified atom stereocenters. The van der Waals surface area contributed by atoms with Gasteiger partial charge in [-0.25, -0.2) is 0 Å². The molecule has 3 saturated carbocycles. The Balaban J connectivity index is 1.98. The average molecular weight is 233 g/mol. The second-order valence-corrected chi connectivity index (χ2v) is 7.89. The summed E-state index contributed by atoms with van der Waals surface area (Å²) in [5, 5.41) is 0. The van der Waals surface area contributed by atoms with Gasteiger partial charge in [-0.3, -0.25) is 4.99 Å². The summed E-state index contributed by atoms with van der Waals surface area (Å²) in [6.45, 7) is 13.7. The zero-order valence-electron chi connectivity index (χ0n) is 11.9. The van der Waals surface area contributed by atoms with Crippen molar-refractivity contribution in [2.45, 2.75) is 58.9 Å². The molecule has 96 valence electrons. The number of hydrogen-bond donors (Lipinski definition) is 0. The minimum Gasteiger partial charge on any atom is -0.294 e. The molecule has 1 nitrogen and oxygen atoms in total. The Morgan fingerprint density at radius 3 is 2.47 bits per heavy atom. The number of rotatable bonds is 2. The highest BCUT2D eigenvalue weighted by Crippen LogP contribution is 2.69. The molecule has 0 heterocycles. The van der Waals surface area contributed by atoms with Crippen molar-refractivity contribution in [1.29, 1.82) is 0 Å². The molecule has 0 radical (unpaired) electrons. The first-order chi connectivity index (χ1) is 7.89.